The first-order chi connectivity index (χ1) is 14.4. The van der Waals surface area contributed by atoms with Gasteiger partial charge in [-0.3, -0.25) is 14.4 Å². The lowest BCUT2D eigenvalue weighted by molar-refractivity contribution is 0.0526. The van der Waals surface area contributed by atoms with Crippen LogP contribution in [0.15, 0.2) is 34.1 Å². The Bertz CT molecular complexity index is 1010. The lowest BCUT2D eigenvalue weighted by atomic mass is 10.1. The molecule has 0 aliphatic rings. The molecule has 7 heteroatoms. The summed E-state index contributed by atoms with van der Waals surface area (Å²) < 4.78 is 6.19. The quantitative estimate of drug-likeness (QED) is 0.379. The molecule has 0 saturated heterocycles. The summed E-state index contributed by atoms with van der Waals surface area (Å²) in [5.41, 5.74) is 1.21. The number of pyridine rings is 1. The van der Waals surface area contributed by atoms with Crippen LogP contribution in [0.2, 0.25) is 0 Å². The van der Waals surface area contributed by atoms with Crippen LogP contribution >= 0.6 is 0 Å². The van der Waals surface area contributed by atoms with Crippen molar-refractivity contribution in [1.82, 2.24) is 4.57 Å². The number of aromatic nitrogens is 1. The monoisotopic (exact) mass is 409 g/mol. The van der Waals surface area contributed by atoms with E-state index in [1.165, 1.54) is 10.8 Å². The van der Waals surface area contributed by atoms with Gasteiger partial charge in [-0.2, -0.15) is 5.26 Å². The third kappa shape index (κ3) is 5.35. The normalized spacial score (nSPS) is 10.9. The van der Waals surface area contributed by atoms with E-state index in [0.717, 1.165) is 25.7 Å². The summed E-state index contributed by atoms with van der Waals surface area (Å²) in [5, 5.41) is 20.1. The van der Waals surface area contributed by atoms with Crippen molar-refractivity contribution in [2.24, 2.45) is 4.99 Å². The number of nitriles is 1. The van der Waals surface area contributed by atoms with Gasteiger partial charge in [-0.1, -0.05) is 26.2 Å². The van der Waals surface area contributed by atoms with Crippen LogP contribution in [0.5, 0.6) is 5.88 Å². The Morgan fingerprint density at radius 2 is 1.93 bits per heavy atom. The van der Waals surface area contributed by atoms with Gasteiger partial charge in [0.05, 0.1) is 23.4 Å². The van der Waals surface area contributed by atoms with E-state index in [1.807, 2.05) is 6.07 Å². The number of carbonyl (C=O) groups is 1. The van der Waals surface area contributed by atoms with Gasteiger partial charge in [0.1, 0.15) is 11.6 Å². The third-order valence-electron chi connectivity index (χ3n) is 4.80. The number of nitrogens with zero attached hydrogens (tertiary/aromatic N) is 3. The van der Waals surface area contributed by atoms with Crippen LogP contribution in [-0.4, -0.2) is 28.5 Å². The van der Waals surface area contributed by atoms with Crippen molar-refractivity contribution in [1.29, 1.82) is 5.26 Å². The summed E-state index contributed by atoms with van der Waals surface area (Å²) in [6, 6.07) is 8.46. The molecule has 0 unspecified atom stereocenters. The Balaban J connectivity index is 2.35. The predicted octanol–water partition coefficient (Wildman–Crippen LogP) is 4.24. The second kappa shape index (κ2) is 11.0. The van der Waals surface area contributed by atoms with Crippen LogP contribution in [0.1, 0.15) is 66.6 Å². The minimum Gasteiger partial charge on any atom is -0.494 e. The van der Waals surface area contributed by atoms with E-state index in [4.69, 9.17) is 4.74 Å². The molecule has 7 nitrogen and oxygen atoms in total. The highest BCUT2D eigenvalue weighted by atomic mass is 16.5. The summed E-state index contributed by atoms with van der Waals surface area (Å²) in [7, 11) is 0. The molecule has 0 fully saturated rings. The van der Waals surface area contributed by atoms with Crippen LogP contribution < -0.4 is 5.56 Å². The Morgan fingerprint density at radius 3 is 2.53 bits per heavy atom. The molecule has 0 aliphatic heterocycles. The van der Waals surface area contributed by atoms with Crippen molar-refractivity contribution in [2.45, 2.75) is 53.0 Å². The van der Waals surface area contributed by atoms with Crippen molar-refractivity contribution >= 4 is 17.9 Å². The summed E-state index contributed by atoms with van der Waals surface area (Å²) in [6.07, 6.45) is 5.22. The van der Waals surface area contributed by atoms with Crippen LogP contribution in [0.25, 0.3) is 0 Å². The number of rotatable bonds is 9. The molecular weight excluding hydrogens is 382 g/mol. The largest absolute Gasteiger partial charge is 0.494 e. The van der Waals surface area contributed by atoms with E-state index < -0.39 is 11.5 Å². The number of unbranched alkanes of at least 4 members (excludes halogenated alkanes) is 3. The first-order valence-electron chi connectivity index (χ1n) is 10.1. The van der Waals surface area contributed by atoms with Gasteiger partial charge in [0.2, 0.25) is 5.88 Å². The van der Waals surface area contributed by atoms with Crippen LogP contribution in [0, 0.1) is 18.3 Å². The maximum Gasteiger partial charge on any atom is 0.338 e. The standard InChI is InChI=1S/C23H27N3O4/c1-4-6-7-8-13-26-21(27)19(14-24)16(3)20(22(26)28)15-25-18-11-9-17(10-12-18)23(29)30-5-2/h9-12,15,28H,4-8,13H2,1-3H3. The minimum atomic E-state index is -0.486. The van der Waals surface area contributed by atoms with Crippen molar-refractivity contribution in [3.63, 3.8) is 0 Å². The van der Waals surface area contributed by atoms with Gasteiger partial charge >= 0.3 is 5.97 Å². The Labute approximate surface area is 176 Å². The van der Waals surface area contributed by atoms with Crippen LogP contribution in [0.3, 0.4) is 0 Å². The molecule has 30 heavy (non-hydrogen) atoms. The molecule has 0 amide bonds. The fourth-order valence-electron chi connectivity index (χ4n) is 3.07. The lowest BCUT2D eigenvalue weighted by Gasteiger charge is -2.14. The van der Waals surface area contributed by atoms with E-state index in [1.54, 1.807) is 38.1 Å². The van der Waals surface area contributed by atoms with Gasteiger partial charge in [-0.05, 0) is 50.1 Å². The average Bonchev–Trinajstić information content (AvgIpc) is 2.74. The SMILES string of the molecule is CCCCCCn1c(O)c(C=Nc2ccc(C(=O)OCC)cc2)c(C)c(C#N)c1=O. The van der Waals surface area contributed by atoms with Crippen molar-refractivity contribution in [3.8, 4) is 11.9 Å². The molecule has 2 aromatic rings. The number of aromatic hydroxyl groups is 1. The minimum absolute atomic E-state index is 0.00222. The number of hydrogen-bond donors (Lipinski definition) is 1. The Kier molecular flexibility index (Phi) is 8.36. The number of aliphatic imine (C=N–C) groups is 1. The number of esters is 1. The molecule has 0 bridgehead atoms. The maximum absolute atomic E-state index is 12.6. The zero-order valence-electron chi connectivity index (χ0n) is 17.6. The Morgan fingerprint density at radius 1 is 1.23 bits per heavy atom. The van der Waals surface area contributed by atoms with E-state index in [9.17, 15) is 20.0 Å². The smallest absolute Gasteiger partial charge is 0.338 e. The molecule has 2 rings (SSSR count). The Hall–Kier alpha value is -3.40. The summed E-state index contributed by atoms with van der Waals surface area (Å²) in [5.74, 6) is -0.602. The van der Waals surface area contributed by atoms with Crippen LogP contribution in [0.4, 0.5) is 5.69 Å². The highest BCUT2D eigenvalue weighted by molar-refractivity contribution is 5.90. The van der Waals surface area contributed by atoms with E-state index in [-0.39, 0.29) is 11.4 Å². The summed E-state index contributed by atoms with van der Waals surface area (Å²) >= 11 is 0. The maximum atomic E-state index is 12.6. The molecule has 0 spiro atoms. The third-order valence-corrected chi connectivity index (χ3v) is 4.80. The fourth-order valence-corrected chi connectivity index (χ4v) is 3.07. The lowest BCUT2D eigenvalue weighted by Crippen LogP contribution is -2.25. The molecule has 1 heterocycles. The second-order valence-corrected chi connectivity index (χ2v) is 6.89. The van der Waals surface area contributed by atoms with Gasteiger partial charge in [0.15, 0.2) is 0 Å². The predicted molar refractivity (Wildman–Crippen MR) is 116 cm³/mol. The van der Waals surface area contributed by atoms with Gasteiger partial charge < -0.3 is 9.84 Å². The molecule has 0 saturated carbocycles. The number of carbonyl (C=O) groups excluding carboxylic acids is 1. The molecule has 1 aromatic carbocycles. The van der Waals surface area contributed by atoms with E-state index in [0.29, 0.717) is 35.5 Å². The van der Waals surface area contributed by atoms with Gasteiger partial charge in [-0.15, -0.1) is 0 Å². The van der Waals surface area contributed by atoms with Crippen molar-refractivity contribution < 1.29 is 14.6 Å². The number of ether oxygens (including phenoxy) is 1. The zero-order chi connectivity index (χ0) is 22.1. The molecule has 158 valence electrons. The molecule has 0 aliphatic carbocycles. The molecule has 0 atom stereocenters. The number of benzene rings is 1. The van der Waals surface area contributed by atoms with Crippen molar-refractivity contribution in [2.75, 3.05) is 6.61 Å². The first kappa shape index (κ1) is 22.9. The van der Waals surface area contributed by atoms with E-state index >= 15 is 0 Å². The van der Waals surface area contributed by atoms with Gasteiger partial charge in [0.25, 0.3) is 5.56 Å². The van der Waals surface area contributed by atoms with Gasteiger partial charge in [0, 0.05) is 12.8 Å². The highest BCUT2D eigenvalue weighted by Crippen LogP contribution is 2.22. The topological polar surface area (TPSA) is 105 Å². The fraction of sp³-hybridized carbons (Fsp3) is 0.391. The molecular formula is C23H27N3O4. The first-order valence-corrected chi connectivity index (χ1v) is 10.1. The highest BCUT2D eigenvalue weighted by Gasteiger charge is 2.17. The molecule has 0 radical (unpaired) electrons. The molecule has 1 aromatic heterocycles. The summed E-state index contributed by atoms with van der Waals surface area (Å²) in [4.78, 5) is 28.7. The van der Waals surface area contributed by atoms with Crippen LogP contribution in [-0.2, 0) is 11.3 Å². The van der Waals surface area contributed by atoms with Gasteiger partial charge in [-0.25, -0.2) is 4.79 Å². The second-order valence-electron chi connectivity index (χ2n) is 6.89. The summed E-state index contributed by atoms with van der Waals surface area (Å²) in [6.45, 7) is 6.09. The average molecular weight is 409 g/mol. The molecule has 1 N–H and O–H groups in total. The number of hydrogen-bond acceptors (Lipinski definition) is 6. The zero-order valence-corrected chi connectivity index (χ0v) is 17.6. The van der Waals surface area contributed by atoms with E-state index in [2.05, 4.69) is 11.9 Å². The van der Waals surface area contributed by atoms with Crippen molar-refractivity contribution in [3.05, 3.63) is 56.9 Å².